The zero-order valence-corrected chi connectivity index (χ0v) is 13.1. The van der Waals surface area contributed by atoms with Crippen LogP contribution in [0, 0.1) is 11.3 Å². The van der Waals surface area contributed by atoms with Gasteiger partial charge in [-0.25, -0.2) is 0 Å². The summed E-state index contributed by atoms with van der Waals surface area (Å²) in [6.07, 6.45) is 5.39. The molecule has 0 bridgehead atoms. The lowest BCUT2D eigenvalue weighted by Gasteiger charge is -2.22. The van der Waals surface area contributed by atoms with Gasteiger partial charge in [0.25, 0.3) is 0 Å². The number of aromatic nitrogens is 2. The SMILES string of the molecule is CC(C)Cn1cc(CN2CCC(C)(CN)C2)cn1.Cl. The predicted molar refractivity (Wildman–Crippen MR) is 81.4 cm³/mol. The zero-order valence-electron chi connectivity index (χ0n) is 12.3. The van der Waals surface area contributed by atoms with Crippen LogP contribution in [0.1, 0.15) is 32.8 Å². The van der Waals surface area contributed by atoms with Crippen molar-refractivity contribution in [1.29, 1.82) is 0 Å². The fraction of sp³-hybridized carbons (Fsp3) is 0.786. The van der Waals surface area contributed by atoms with Crippen molar-refractivity contribution in [3.05, 3.63) is 18.0 Å². The third kappa shape index (κ3) is 4.48. The minimum Gasteiger partial charge on any atom is -0.330 e. The van der Waals surface area contributed by atoms with Crippen LogP contribution in [0.25, 0.3) is 0 Å². The molecule has 0 spiro atoms. The second-order valence-electron chi connectivity index (χ2n) is 6.44. The van der Waals surface area contributed by atoms with Crippen molar-refractivity contribution in [3.63, 3.8) is 0 Å². The normalized spacial score (nSPS) is 23.8. The molecule has 0 aromatic carbocycles. The highest BCUT2D eigenvalue weighted by molar-refractivity contribution is 5.85. The van der Waals surface area contributed by atoms with Gasteiger partial charge < -0.3 is 5.73 Å². The minimum atomic E-state index is 0. The van der Waals surface area contributed by atoms with Gasteiger partial charge in [0.2, 0.25) is 0 Å². The Morgan fingerprint density at radius 1 is 1.47 bits per heavy atom. The highest BCUT2D eigenvalue weighted by atomic mass is 35.5. The van der Waals surface area contributed by atoms with Crippen LogP contribution in [-0.2, 0) is 13.1 Å². The van der Waals surface area contributed by atoms with Crippen molar-refractivity contribution < 1.29 is 0 Å². The number of hydrogen-bond acceptors (Lipinski definition) is 3. The molecule has 1 aromatic heterocycles. The predicted octanol–water partition coefficient (Wildman–Crippen LogP) is 2.13. The number of nitrogens with zero attached hydrogens (tertiary/aromatic N) is 3. The van der Waals surface area contributed by atoms with Crippen LogP contribution in [0.15, 0.2) is 12.4 Å². The second kappa shape index (κ2) is 6.73. The molecule has 19 heavy (non-hydrogen) atoms. The molecule has 1 fully saturated rings. The maximum absolute atomic E-state index is 5.84. The number of halogens is 1. The largest absolute Gasteiger partial charge is 0.330 e. The van der Waals surface area contributed by atoms with Gasteiger partial charge in [-0.2, -0.15) is 5.10 Å². The Morgan fingerprint density at radius 3 is 2.79 bits per heavy atom. The van der Waals surface area contributed by atoms with Crippen molar-refractivity contribution in [2.24, 2.45) is 17.1 Å². The lowest BCUT2D eigenvalue weighted by Crippen LogP contribution is -2.31. The molecule has 0 amide bonds. The molecule has 0 radical (unpaired) electrons. The molecule has 0 saturated carbocycles. The fourth-order valence-electron chi connectivity index (χ4n) is 2.65. The number of rotatable bonds is 5. The van der Waals surface area contributed by atoms with Crippen LogP contribution in [-0.4, -0.2) is 34.3 Å². The lowest BCUT2D eigenvalue weighted by molar-refractivity contribution is 0.274. The first-order chi connectivity index (χ1) is 8.50. The van der Waals surface area contributed by atoms with E-state index in [-0.39, 0.29) is 12.4 Å². The van der Waals surface area contributed by atoms with E-state index in [1.165, 1.54) is 12.0 Å². The van der Waals surface area contributed by atoms with Gasteiger partial charge in [-0.05, 0) is 30.8 Å². The van der Waals surface area contributed by atoms with Crippen LogP contribution in [0.3, 0.4) is 0 Å². The van der Waals surface area contributed by atoms with Gasteiger partial charge >= 0.3 is 0 Å². The van der Waals surface area contributed by atoms with E-state index in [0.717, 1.165) is 32.7 Å². The van der Waals surface area contributed by atoms with E-state index in [1.807, 2.05) is 6.20 Å². The van der Waals surface area contributed by atoms with Crippen molar-refractivity contribution in [1.82, 2.24) is 14.7 Å². The van der Waals surface area contributed by atoms with Gasteiger partial charge in [0.05, 0.1) is 6.20 Å². The number of nitrogens with two attached hydrogens (primary N) is 1. The monoisotopic (exact) mass is 286 g/mol. The van der Waals surface area contributed by atoms with Gasteiger partial charge in [-0.3, -0.25) is 9.58 Å². The van der Waals surface area contributed by atoms with Gasteiger partial charge in [0.15, 0.2) is 0 Å². The standard InChI is InChI=1S/C14H26N4.ClH/c1-12(2)7-18-9-13(6-16-18)8-17-5-4-14(3,10-15)11-17;/h6,9,12H,4-5,7-8,10-11,15H2,1-3H3;1H. The van der Waals surface area contributed by atoms with Crippen LogP contribution < -0.4 is 5.73 Å². The Labute approximate surface area is 122 Å². The molecule has 0 aliphatic carbocycles. The number of likely N-dealkylation sites (tertiary alicyclic amines) is 1. The van der Waals surface area contributed by atoms with Crippen LogP contribution in [0.2, 0.25) is 0 Å². The summed E-state index contributed by atoms with van der Waals surface area (Å²) in [6, 6.07) is 0. The Bertz CT molecular complexity index is 391. The molecule has 1 atom stereocenters. The molecule has 110 valence electrons. The summed E-state index contributed by atoms with van der Waals surface area (Å²) in [5.74, 6) is 0.644. The Hall–Kier alpha value is -0.580. The van der Waals surface area contributed by atoms with E-state index in [0.29, 0.717) is 11.3 Å². The summed E-state index contributed by atoms with van der Waals surface area (Å²) >= 11 is 0. The van der Waals surface area contributed by atoms with Crippen LogP contribution >= 0.6 is 12.4 Å². The van der Waals surface area contributed by atoms with E-state index in [1.54, 1.807) is 0 Å². The number of hydrogen-bond donors (Lipinski definition) is 1. The molecule has 1 saturated heterocycles. The van der Waals surface area contributed by atoms with E-state index < -0.39 is 0 Å². The molecule has 4 nitrogen and oxygen atoms in total. The third-order valence-corrected chi connectivity index (χ3v) is 3.77. The van der Waals surface area contributed by atoms with E-state index in [4.69, 9.17) is 5.73 Å². The molecular weight excluding hydrogens is 260 g/mol. The Kier molecular flexibility index (Phi) is 5.83. The molecule has 1 aliphatic rings. The summed E-state index contributed by atoms with van der Waals surface area (Å²) < 4.78 is 2.05. The summed E-state index contributed by atoms with van der Waals surface area (Å²) in [5, 5.41) is 4.42. The topological polar surface area (TPSA) is 47.1 Å². The molecule has 2 heterocycles. The average Bonchev–Trinajstić information content (AvgIpc) is 2.87. The smallest absolute Gasteiger partial charge is 0.0534 e. The molecular formula is C14H27ClN4. The van der Waals surface area contributed by atoms with E-state index in [2.05, 4.69) is 41.6 Å². The van der Waals surface area contributed by atoms with Crippen molar-refractivity contribution in [2.75, 3.05) is 19.6 Å². The van der Waals surface area contributed by atoms with Gasteiger partial charge in [-0.1, -0.05) is 20.8 Å². The van der Waals surface area contributed by atoms with Crippen LogP contribution in [0.5, 0.6) is 0 Å². The van der Waals surface area contributed by atoms with Gasteiger partial charge in [0, 0.05) is 31.4 Å². The minimum absolute atomic E-state index is 0. The highest BCUT2D eigenvalue weighted by Gasteiger charge is 2.32. The van der Waals surface area contributed by atoms with E-state index in [9.17, 15) is 0 Å². The van der Waals surface area contributed by atoms with Crippen molar-refractivity contribution >= 4 is 12.4 Å². The lowest BCUT2D eigenvalue weighted by atomic mass is 9.90. The van der Waals surface area contributed by atoms with Crippen LogP contribution in [0.4, 0.5) is 0 Å². The first-order valence-corrected chi connectivity index (χ1v) is 6.94. The quantitative estimate of drug-likeness (QED) is 0.902. The second-order valence-corrected chi connectivity index (χ2v) is 6.44. The molecule has 2 N–H and O–H groups in total. The third-order valence-electron chi connectivity index (χ3n) is 3.77. The Morgan fingerprint density at radius 2 is 2.21 bits per heavy atom. The summed E-state index contributed by atoms with van der Waals surface area (Å²) in [4.78, 5) is 2.49. The summed E-state index contributed by atoms with van der Waals surface area (Å²) in [6.45, 7) is 11.8. The zero-order chi connectivity index (χ0) is 13.2. The first kappa shape index (κ1) is 16.5. The maximum Gasteiger partial charge on any atom is 0.0534 e. The maximum atomic E-state index is 5.84. The fourth-order valence-corrected chi connectivity index (χ4v) is 2.65. The molecule has 1 unspecified atom stereocenters. The first-order valence-electron chi connectivity index (χ1n) is 6.94. The summed E-state index contributed by atoms with van der Waals surface area (Å²) in [5.41, 5.74) is 7.47. The van der Waals surface area contributed by atoms with Gasteiger partial charge in [0.1, 0.15) is 0 Å². The van der Waals surface area contributed by atoms with Crippen molar-refractivity contribution in [2.45, 2.75) is 40.3 Å². The average molecular weight is 287 g/mol. The molecule has 1 aromatic rings. The highest BCUT2D eigenvalue weighted by Crippen LogP contribution is 2.29. The summed E-state index contributed by atoms with van der Waals surface area (Å²) in [7, 11) is 0. The molecule has 2 rings (SSSR count). The van der Waals surface area contributed by atoms with Gasteiger partial charge in [-0.15, -0.1) is 12.4 Å². The molecule has 1 aliphatic heterocycles. The Balaban J connectivity index is 0.00000180. The van der Waals surface area contributed by atoms with Crippen molar-refractivity contribution in [3.8, 4) is 0 Å². The van der Waals surface area contributed by atoms with E-state index >= 15 is 0 Å². The molecule has 5 heteroatoms.